The molecule has 1 aliphatic rings. The van der Waals surface area contributed by atoms with Crippen LogP contribution in [0.25, 0.3) is 16.9 Å². The average molecular weight is 596 g/mol. The number of nitrogens with one attached hydrogen (secondary N) is 2. The minimum atomic E-state index is -1.04. The number of primary amides is 1. The first-order valence-corrected chi connectivity index (χ1v) is 13.2. The summed E-state index contributed by atoms with van der Waals surface area (Å²) >= 11 is 0. The van der Waals surface area contributed by atoms with E-state index in [1.54, 1.807) is 36.3 Å². The molecule has 43 heavy (non-hydrogen) atoms. The molecule has 0 aliphatic carbocycles. The fourth-order valence-corrected chi connectivity index (χ4v) is 4.77. The fraction of sp³-hybridized carbons (Fsp3) is 0.241. The molecule has 0 radical (unpaired) electrons. The van der Waals surface area contributed by atoms with Crippen molar-refractivity contribution < 1.29 is 32.3 Å². The van der Waals surface area contributed by atoms with Gasteiger partial charge >= 0.3 is 6.03 Å². The van der Waals surface area contributed by atoms with Gasteiger partial charge in [0.25, 0.3) is 5.91 Å². The van der Waals surface area contributed by atoms with Gasteiger partial charge in [0, 0.05) is 37.5 Å². The van der Waals surface area contributed by atoms with Crippen LogP contribution >= 0.6 is 0 Å². The molecule has 4 N–H and O–H groups in total. The molecule has 3 amide bonds. The van der Waals surface area contributed by atoms with Crippen molar-refractivity contribution in [3.8, 4) is 16.9 Å². The van der Waals surface area contributed by atoms with Crippen LogP contribution in [0.15, 0.2) is 60.8 Å². The van der Waals surface area contributed by atoms with E-state index in [2.05, 4.69) is 20.7 Å². The van der Waals surface area contributed by atoms with E-state index in [0.29, 0.717) is 35.7 Å². The number of halogens is 3. The molecule has 11 nitrogen and oxygen atoms in total. The van der Waals surface area contributed by atoms with Gasteiger partial charge in [-0.1, -0.05) is 24.3 Å². The topological polar surface area (TPSA) is 137 Å². The Bertz CT molecular complexity index is 1650. The van der Waals surface area contributed by atoms with Crippen LogP contribution in [0.5, 0.6) is 0 Å². The number of carbonyl (C=O) groups excluding carboxylic acids is 2. The molecule has 0 unspecified atom stereocenters. The molecular formula is C29H28F3N7O4. The number of amides is 3. The lowest BCUT2D eigenvalue weighted by atomic mass is 10.0. The van der Waals surface area contributed by atoms with Gasteiger partial charge in [0.1, 0.15) is 11.9 Å². The highest BCUT2D eigenvalue weighted by Crippen LogP contribution is 2.32. The van der Waals surface area contributed by atoms with Gasteiger partial charge in [-0.15, -0.1) is 0 Å². The lowest BCUT2D eigenvalue weighted by molar-refractivity contribution is -0.154. The van der Waals surface area contributed by atoms with E-state index in [4.69, 9.17) is 15.3 Å². The first-order chi connectivity index (χ1) is 20.7. The SMILES string of the molecule is COCCN1C[C@@H](NC(=O)Nc2c(C)c(-c3cnc(C(N)=O)c(F)c3)nn2-c2ccccc2)[C@H](c2ccc(F)c(F)c2)O1. The predicted octanol–water partition coefficient (Wildman–Crippen LogP) is 3.88. The Labute approximate surface area is 244 Å². The monoisotopic (exact) mass is 595 g/mol. The number of para-hydroxylation sites is 1. The van der Waals surface area contributed by atoms with Crippen LogP contribution in [0.2, 0.25) is 0 Å². The molecule has 4 aromatic rings. The third-order valence-electron chi connectivity index (χ3n) is 6.86. The van der Waals surface area contributed by atoms with E-state index < -0.39 is 47.2 Å². The van der Waals surface area contributed by atoms with Crippen molar-refractivity contribution in [2.75, 3.05) is 32.1 Å². The summed E-state index contributed by atoms with van der Waals surface area (Å²) < 4.78 is 48.9. The molecule has 2 aromatic heterocycles. The van der Waals surface area contributed by atoms with Crippen LogP contribution < -0.4 is 16.4 Å². The smallest absolute Gasteiger partial charge is 0.320 e. The number of hydroxylamine groups is 2. The number of aromatic nitrogens is 3. The normalized spacial score (nSPS) is 16.8. The summed E-state index contributed by atoms with van der Waals surface area (Å²) in [4.78, 5) is 34.7. The standard InChI is InChI=1S/C29H28F3N7O4/c1-16-24(18-13-22(32)25(27(33)40)34-14-18)37-39(19-6-4-3-5-7-19)28(16)36-29(41)35-23-15-38(10-11-42-2)43-26(23)17-8-9-20(30)21(31)12-17/h3-9,12-14,23,26H,10-11,15H2,1-2H3,(H2,33,40)(H2,35,36,41)/t23-,26+/m1/s1. The average Bonchev–Trinajstić information content (AvgIpc) is 3.53. The molecule has 1 fully saturated rings. The summed E-state index contributed by atoms with van der Waals surface area (Å²) in [6, 6.07) is 12.2. The molecule has 0 bridgehead atoms. The lowest BCUT2D eigenvalue weighted by Crippen LogP contribution is -2.42. The highest BCUT2D eigenvalue weighted by molar-refractivity contribution is 5.92. The van der Waals surface area contributed by atoms with Crippen LogP contribution in [0.3, 0.4) is 0 Å². The molecule has 0 saturated carbocycles. The minimum absolute atomic E-state index is 0.236. The zero-order valence-corrected chi connectivity index (χ0v) is 23.2. The van der Waals surface area contributed by atoms with Crippen molar-refractivity contribution in [3.63, 3.8) is 0 Å². The van der Waals surface area contributed by atoms with Crippen molar-refractivity contribution in [1.29, 1.82) is 0 Å². The first kappa shape index (κ1) is 29.7. The Morgan fingerprint density at radius 2 is 1.86 bits per heavy atom. The van der Waals surface area contributed by atoms with Gasteiger partial charge in [-0.2, -0.15) is 10.2 Å². The van der Waals surface area contributed by atoms with E-state index in [9.17, 15) is 22.8 Å². The van der Waals surface area contributed by atoms with E-state index >= 15 is 0 Å². The highest BCUT2D eigenvalue weighted by atomic mass is 19.2. The van der Waals surface area contributed by atoms with Gasteiger partial charge < -0.3 is 15.8 Å². The first-order valence-electron chi connectivity index (χ1n) is 13.2. The number of nitrogens with zero attached hydrogens (tertiary/aromatic N) is 4. The predicted molar refractivity (Wildman–Crippen MR) is 150 cm³/mol. The van der Waals surface area contributed by atoms with Crippen LogP contribution in [0, 0.1) is 24.4 Å². The molecule has 1 saturated heterocycles. The number of pyridine rings is 1. The Hall–Kier alpha value is -4.79. The maximum Gasteiger partial charge on any atom is 0.320 e. The number of anilines is 1. The van der Waals surface area contributed by atoms with Gasteiger partial charge in [-0.05, 0) is 42.8 Å². The summed E-state index contributed by atoms with van der Waals surface area (Å²) in [5.74, 6) is -3.68. The quantitative estimate of drug-likeness (QED) is 0.267. The second kappa shape index (κ2) is 12.6. The zero-order chi connectivity index (χ0) is 30.7. The second-order valence-corrected chi connectivity index (χ2v) is 9.77. The van der Waals surface area contributed by atoms with Crippen LogP contribution in [0.1, 0.15) is 27.7 Å². The molecule has 3 heterocycles. The second-order valence-electron chi connectivity index (χ2n) is 9.77. The van der Waals surface area contributed by atoms with E-state index in [-0.39, 0.29) is 17.9 Å². The van der Waals surface area contributed by atoms with Crippen molar-refractivity contribution in [2.24, 2.45) is 5.73 Å². The van der Waals surface area contributed by atoms with Crippen LogP contribution in [-0.4, -0.2) is 64.6 Å². The summed E-state index contributed by atoms with van der Waals surface area (Å²) in [6.45, 7) is 2.64. The molecular weight excluding hydrogens is 567 g/mol. The van der Waals surface area contributed by atoms with Gasteiger partial charge in [-0.3, -0.25) is 14.9 Å². The maximum atomic E-state index is 14.6. The molecule has 224 valence electrons. The minimum Gasteiger partial charge on any atom is -0.383 e. The van der Waals surface area contributed by atoms with Gasteiger partial charge in [0.2, 0.25) is 0 Å². The Balaban J connectivity index is 1.45. The van der Waals surface area contributed by atoms with Crippen molar-refractivity contribution in [1.82, 2.24) is 25.1 Å². The lowest BCUT2D eigenvalue weighted by Gasteiger charge is -2.20. The summed E-state index contributed by atoms with van der Waals surface area (Å²) in [6.07, 6.45) is 0.459. The van der Waals surface area contributed by atoms with Crippen LogP contribution in [0.4, 0.5) is 23.8 Å². The van der Waals surface area contributed by atoms with Crippen LogP contribution in [-0.2, 0) is 9.57 Å². The summed E-state index contributed by atoms with van der Waals surface area (Å²) in [5.41, 5.74) is 6.66. The fourth-order valence-electron chi connectivity index (χ4n) is 4.77. The maximum absolute atomic E-state index is 14.6. The van der Waals surface area contributed by atoms with E-state index in [0.717, 1.165) is 18.2 Å². The Morgan fingerprint density at radius 3 is 2.53 bits per heavy atom. The summed E-state index contributed by atoms with van der Waals surface area (Å²) in [5, 5.41) is 11.9. The molecule has 2 aromatic carbocycles. The third kappa shape index (κ3) is 6.35. The number of benzene rings is 2. The molecule has 14 heteroatoms. The largest absolute Gasteiger partial charge is 0.383 e. The van der Waals surface area contributed by atoms with E-state index in [1.807, 2.05) is 6.07 Å². The van der Waals surface area contributed by atoms with Gasteiger partial charge in [0.15, 0.2) is 23.1 Å². The van der Waals surface area contributed by atoms with Crippen molar-refractivity contribution in [2.45, 2.75) is 19.1 Å². The zero-order valence-electron chi connectivity index (χ0n) is 23.2. The number of urea groups is 1. The molecule has 1 aliphatic heterocycles. The third-order valence-corrected chi connectivity index (χ3v) is 6.86. The number of nitrogens with two attached hydrogens (primary N) is 1. The number of carbonyl (C=O) groups is 2. The summed E-state index contributed by atoms with van der Waals surface area (Å²) in [7, 11) is 1.54. The number of hydrogen-bond acceptors (Lipinski definition) is 7. The molecule has 5 rings (SSSR count). The Kier molecular flexibility index (Phi) is 8.71. The number of hydrogen-bond donors (Lipinski definition) is 3. The van der Waals surface area contributed by atoms with Gasteiger partial charge in [0.05, 0.1) is 24.0 Å². The highest BCUT2D eigenvalue weighted by Gasteiger charge is 2.37. The van der Waals surface area contributed by atoms with Crippen molar-refractivity contribution in [3.05, 3.63) is 95.1 Å². The van der Waals surface area contributed by atoms with E-state index in [1.165, 1.54) is 24.1 Å². The molecule has 0 spiro atoms. The molecule has 2 atom stereocenters. The Morgan fingerprint density at radius 1 is 1.09 bits per heavy atom. The number of rotatable bonds is 9. The number of ether oxygens (including phenoxy) is 1. The number of methoxy groups -OCH3 is 1. The van der Waals surface area contributed by atoms with Gasteiger partial charge in [-0.25, -0.2) is 27.6 Å². The van der Waals surface area contributed by atoms with Crippen molar-refractivity contribution >= 4 is 17.8 Å².